The van der Waals surface area contributed by atoms with Crippen LogP contribution in [0.3, 0.4) is 0 Å². The average molecular weight is 314 g/mol. The van der Waals surface area contributed by atoms with Crippen molar-refractivity contribution < 1.29 is 27.1 Å². The van der Waals surface area contributed by atoms with Crippen LogP contribution in [0.2, 0.25) is 5.02 Å². The van der Waals surface area contributed by atoms with E-state index in [1.54, 1.807) is 0 Å². The summed E-state index contributed by atoms with van der Waals surface area (Å²) < 4.78 is 55.1. The lowest BCUT2D eigenvalue weighted by atomic mass is 10.1. The summed E-state index contributed by atoms with van der Waals surface area (Å²) in [7, 11) is 0. The van der Waals surface area contributed by atoms with Gasteiger partial charge in [-0.1, -0.05) is 17.7 Å². The van der Waals surface area contributed by atoms with Crippen molar-refractivity contribution in [1.29, 1.82) is 0 Å². The van der Waals surface area contributed by atoms with E-state index in [0.29, 0.717) is 0 Å². The summed E-state index contributed by atoms with van der Waals surface area (Å²) in [6, 6.07) is 1.95. The van der Waals surface area contributed by atoms with Crippen LogP contribution in [0.5, 0.6) is 0 Å². The van der Waals surface area contributed by atoms with Crippen LogP contribution < -0.4 is 5.32 Å². The zero-order valence-electron chi connectivity index (χ0n) is 10.4. The molecule has 0 aliphatic carbocycles. The van der Waals surface area contributed by atoms with Crippen molar-refractivity contribution in [3.63, 3.8) is 0 Å². The standard InChI is InChI=1S/C12H12ClF4NO2/c1-2-20-11(19)10(18-6-12(15,16)17)9-7(13)4-3-5-8(9)14/h3-5,10,18H,2,6H2,1H3. The predicted octanol–water partition coefficient (Wildman–Crippen LogP) is 3.24. The molecular weight excluding hydrogens is 302 g/mol. The van der Waals surface area contributed by atoms with Gasteiger partial charge in [0.2, 0.25) is 0 Å². The van der Waals surface area contributed by atoms with Gasteiger partial charge in [-0.2, -0.15) is 13.2 Å². The maximum atomic E-state index is 13.7. The molecule has 0 bridgehead atoms. The van der Waals surface area contributed by atoms with E-state index in [0.717, 1.165) is 6.07 Å². The summed E-state index contributed by atoms with van der Waals surface area (Å²) >= 11 is 5.75. The molecule has 0 amide bonds. The Morgan fingerprint density at radius 2 is 2.10 bits per heavy atom. The fraction of sp³-hybridized carbons (Fsp3) is 0.417. The van der Waals surface area contributed by atoms with E-state index in [4.69, 9.17) is 11.6 Å². The zero-order valence-corrected chi connectivity index (χ0v) is 11.2. The van der Waals surface area contributed by atoms with Crippen LogP contribution >= 0.6 is 11.6 Å². The van der Waals surface area contributed by atoms with E-state index in [-0.39, 0.29) is 17.2 Å². The Morgan fingerprint density at radius 1 is 1.45 bits per heavy atom. The van der Waals surface area contributed by atoms with E-state index >= 15 is 0 Å². The molecule has 0 saturated carbocycles. The number of rotatable bonds is 5. The number of halogens is 5. The summed E-state index contributed by atoms with van der Waals surface area (Å²) in [5, 5.41) is 1.76. The number of nitrogens with one attached hydrogen (secondary N) is 1. The molecule has 8 heteroatoms. The van der Waals surface area contributed by atoms with Gasteiger partial charge in [-0.25, -0.2) is 9.18 Å². The van der Waals surface area contributed by atoms with Gasteiger partial charge >= 0.3 is 12.1 Å². The Labute approximate surface area is 117 Å². The molecule has 0 radical (unpaired) electrons. The molecule has 3 nitrogen and oxygen atoms in total. The topological polar surface area (TPSA) is 38.3 Å². The van der Waals surface area contributed by atoms with Gasteiger partial charge in [0.15, 0.2) is 0 Å². The number of hydrogen-bond acceptors (Lipinski definition) is 3. The van der Waals surface area contributed by atoms with Crippen LogP contribution in [0.1, 0.15) is 18.5 Å². The highest BCUT2D eigenvalue weighted by Crippen LogP contribution is 2.27. The first-order valence-corrected chi connectivity index (χ1v) is 6.04. The first-order chi connectivity index (χ1) is 9.26. The molecule has 0 aliphatic rings. The highest BCUT2D eigenvalue weighted by molar-refractivity contribution is 6.31. The number of carbonyl (C=O) groups excluding carboxylic acids is 1. The fourth-order valence-corrected chi connectivity index (χ4v) is 1.81. The number of esters is 1. The van der Waals surface area contributed by atoms with Gasteiger partial charge in [0.25, 0.3) is 0 Å². The Hall–Kier alpha value is -1.34. The highest BCUT2D eigenvalue weighted by atomic mass is 35.5. The normalized spacial score (nSPS) is 13.1. The minimum absolute atomic E-state index is 0.0465. The van der Waals surface area contributed by atoms with Crippen molar-refractivity contribution in [2.45, 2.75) is 19.1 Å². The van der Waals surface area contributed by atoms with Crippen molar-refractivity contribution in [3.8, 4) is 0 Å². The van der Waals surface area contributed by atoms with E-state index in [1.165, 1.54) is 19.1 Å². The van der Waals surface area contributed by atoms with Gasteiger partial charge < -0.3 is 4.74 Å². The van der Waals surface area contributed by atoms with Gasteiger partial charge in [0.1, 0.15) is 11.9 Å². The molecule has 112 valence electrons. The number of benzene rings is 1. The molecule has 1 unspecified atom stereocenters. The first kappa shape index (κ1) is 16.7. The molecule has 1 aromatic rings. The van der Waals surface area contributed by atoms with E-state index in [1.807, 2.05) is 5.32 Å². The maximum Gasteiger partial charge on any atom is 0.401 e. The van der Waals surface area contributed by atoms with Crippen LogP contribution in [0.15, 0.2) is 18.2 Å². The second-order valence-electron chi connectivity index (χ2n) is 3.82. The number of hydrogen-bond donors (Lipinski definition) is 1. The Kier molecular flexibility index (Phi) is 5.76. The van der Waals surface area contributed by atoms with Crippen LogP contribution in [0, 0.1) is 5.82 Å². The molecule has 1 rings (SSSR count). The number of alkyl halides is 3. The summed E-state index contributed by atoms with van der Waals surface area (Å²) in [5.41, 5.74) is -0.364. The molecule has 0 spiro atoms. The second kappa shape index (κ2) is 6.90. The van der Waals surface area contributed by atoms with E-state index in [9.17, 15) is 22.4 Å². The van der Waals surface area contributed by atoms with Crippen molar-refractivity contribution in [1.82, 2.24) is 5.32 Å². The van der Waals surface area contributed by atoms with Crippen molar-refractivity contribution in [2.24, 2.45) is 0 Å². The van der Waals surface area contributed by atoms with E-state index in [2.05, 4.69) is 4.74 Å². The zero-order chi connectivity index (χ0) is 15.3. The Morgan fingerprint density at radius 3 is 2.60 bits per heavy atom. The third kappa shape index (κ3) is 4.64. The largest absolute Gasteiger partial charge is 0.465 e. The molecule has 1 aromatic carbocycles. The number of carbonyl (C=O) groups is 1. The summed E-state index contributed by atoms with van der Waals surface area (Å²) in [6.45, 7) is -0.0298. The number of ether oxygens (including phenoxy) is 1. The van der Waals surface area contributed by atoms with Crippen LogP contribution in [0.25, 0.3) is 0 Å². The molecule has 20 heavy (non-hydrogen) atoms. The van der Waals surface area contributed by atoms with Crippen LogP contribution in [0.4, 0.5) is 17.6 Å². The first-order valence-electron chi connectivity index (χ1n) is 5.67. The third-order valence-electron chi connectivity index (χ3n) is 2.32. The molecule has 0 saturated heterocycles. The quantitative estimate of drug-likeness (QED) is 0.670. The summed E-state index contributed by atoms with van der Waals surface area (Å²) in [6.07, 6.45) is -4.55. The van der Waals surface area contributed by atoms with Gasteiger partial charge in [-0.05, 0) is 19.1 Å². The molecule has 1 N–H and O–H groups in total. The lowest BCUT2D eigenvalue weighted by Crippen LogP contribution is -2.37. The molecule has 0 aliphatic heterocycles. The molecule has 0 fully saturated rings. The maximum absolute atomic E-state index is 13.7. The van der Waals surface area contributed by atoms with Crippen LogP contribution in [-0.4, -0.2) is 25.3 Å². The monoisotopic (exact) mass is 313 g/mol. The van der Waals surface area contributed by atoms with E-state index < -0.39 is 30.5 Å². The SMILES string of the molecule is CCOC(=O)C(NCC(F)(F)F)c1c(F)cccc1Cl. The summed E-state index contributed by atoms with van der Waals surface area (Å²) in [5.74, 6) is -1.91. The van der Waals surface area contributed by atoms with Gasteiger partial charge in [-0.15, -0.1) is 0 Å². The summed E-state index contributed by atoms with van der Waals surface area (Å²) in [4.78, 5) is 11.7. The third-order valence-corrected chi connectivity index (χ3v) is 2.65. The fourth-order valence-electron chi connectivity index (χ4n) is 1.53. The Balaban J connectivity index is 3.07. The smallest absolute Gasteiger partial charge is 0.401 e. The lowest BCUT2D eigenvalue weighted by Gasteiger charge is -2.20. The van der Waals surface area contributed by atoms with Gasteiger partial charge in [-0.3, -0.25) is 5.32 Å². The highest BCUT2D eigenvalue weighted by Gasteiger charge is 2.33. The molecule has 0 aromatic heterocycles. The lowest BCUT2D eigenvalue weighted by molar-refractivity contribution is -0.149. The predicted molar refractivity (Wildman–Crippen MR) is 64.8 cm³/mol. The van der Waals surface area contributed by atoms with Crippen molar-refractivity contribution in [3.05, 3.63) is 34.6 Å². The van der Waals surface area contributed by atoms with Gasteiger partial charge in [0, 0.05) is 10.6 Å². The molecule has 1 atom stereocenters. The molecular formula is C12H12ClF4NO2. The van der Waals surface area contributed by atoms with Crippen LogP contribution in [-0.2, 0) is 9.53 Å². The molecule has 0 heterocycles. The minimum Gasteiger partial charge on any atom is -0.465 e. The van der Waals surface area contributed by atoms with Gasteiger partial charge in [0.05, 0.1) is 13.2 Å². The average Bonchev–Trinajstić information content (AvgIpc) is 2.31. The Bertz CT molecular complexity index is 459. The van der Waals surface area contributed by atoms with Crippen molar-refractivity contribution >= 4 is 17.6 Å². The second-order valence-corrected chi connectivity index (χ2v) is 4.22. The minimum atomic E-state index is -4.55. The van der Waals surface area contributed by atoms with Crippen molar-refractivity contribution in [2.75, 3.05) is 13.2 Å².